The molecule has 0 aliphatic carbocycles. The smallest absolute Gasteiger partial charge is 0.313 e. The van der Waals surface area contributed by atoms with Gasteiger partial charge in [0.25, 0.3) is 5.69 Å². The number of ether oxygens (including phenoxy) is 3. The number of benzene rings is 2. The van der Waals surface area contributed by atoms with Gasteiger partial charge in [0.2, 0.25) is 0 Å². The highest BCUT2D eigenvalue weighted by atomic mass is 16.6. The molecule has 0 amide bonds. The van der Waals surface area contributed by atoms with Crippen LogP contribution in [0.1, 0.15) is 18.1 Å². The molecule has 1 aliphatic heterocycles. The van der Waals surface area contributed by atoms with Crippen molar-refractivity contribution >= 4 is 11.7 Å². The maximum Gasteiger partial charge on any atom is 0.313 e. The monoisotopic (exact) mass is 357 g/mol. The van der Waals surface area contributed by atoms with Crippen molar-refractivity contribution in [3.63, 3.8) is 0 Å². The Morgan fingerprint density at radius 3 is 2.92 bits per heavy atom. The lowest BCUT2D eigenvalue weighted by molar-refractivity contribution is -0.384. The van der Waals surface area contributed by atoms with Crippen molar-refractivity contribution in [2.75, 3.05) is 13.2 Å². The van der Waals surface area contributed by atoms with Crippen LogP contribution in [-0.4, -0.2) is 24.1 Å². The molecule has 0 N–H and O–H groups in total. The molecule has 26 heavy (non-hydrogen) atoms. The molecule has 2 aromatic carbocycles. The Kier molecular flexibility index (Phi) is 5.36. The Labute approximate surface area is 150 Å². The zero-order valence-electron chi connectivity index (χ0n) is 14.3. The fraction of sp³-hybridized carbons (Fsp3) is 0.316. The minimum absolute atomic E-state index is 0.0111. The molecule has 0 spiro atoms. The van der Waals surface area contributed by atoms with Crippen LogP contribution in [0, 0.1) is 16.0 Å². The van der Waals surface area contributed by atoms with Crippen LogP contribution in [0.25, 0.3) is 0 Å². The first-order chi connectivity index (χ1) is 12.6. The summed E-state index contributed by atoms with van der Waals surface area (Å²) in [7, 11) is 0. The maximum absolute atomic E-state index is 12.3. The fourth-order valence-electron chi connectivity index (χ4n) is 2.81. The molecule has 0 aromatic heterocycles. The minimum atomic E-state index is -0.479. The van der Waals surface area contributed by atoms with Crippen molar-refractivity contribution in [2.45, 2.75) is 20.0 Å². The third-order valence-electron chi connectivity index (χ3n) is 4.09. The van der Waals surface area contributed by atoms with Crippen LogP contribution in [0.5, 0.6) is 11.5 Å². The molecular weight excluding hydrogens is 338 g/mol. The molecule has 0 fully saturated rings. The van der Waals surface area contributed by atoms with Crippen LogP contribution < -0.4 is 9.47 Å². The summed E-state index contributed by atoms with van der Waals surface area (Å²) in [5, 5.41) is 10.8. The van der Waals surface area contributed by atoms with Gasteiger partial charge in [0.1, 0.15) is 24.7 Å². The highest BCUT2D eigenvalue weighted by Gasteiger charge is 2.27. The van der Waals surface area contributed by atoms with Gasteiger partial charge in [-0.05, 0) is 42.7 Å². The van der Waals surface area contributed by atoms with E-state index in [1.807, 2.05) is 25.1 Å². The van der Waals surface area contributed by atoms with Crippen molar-refractivity contribution in [1.82, 2.24) is 0 Å². The predicted molar refractivity (Wildman–Crippen MR) is 93.2 cm³/mol. The summed E-state index contributed by atoms with van der Waals surface area (Å²) in [4.78, 5) is 22.7. The Morgan fingerprint density at radius 2 is 2.15 bits per heavy atom. The molecule has 7 nitrogen and oxygen atoms in total. The Hall–Kier alpha value is -3.09. The fourth-order valence-corrected chi connectivity index (χ4v) is 2.81. The van der Waals surface area contributed by atoms with Crippen molar-refractivity contribution < 1.29 is 23.9 Å². The molecule has 2 aromatic rings. The van der Waals surface area contributed by atoms with E-state index in [4.69, 9.17) is 14.2 Å². The number of carbonyl (C=O) groups is 1. The van der Waals surface area contributed by atoms with Gasteiger partial charge >= 0.3 is 5.97 Å². The number of rotatable bonds is 6. The highest BCUT2D eigenvalue weighted by molar-refractivity contribution is 5.73. The van der Waals surface area contributed by atoms with E-state index < -0.39 is 10.8 Å². The Bertz CT molecular complexity index is 819. The summed E-state index contributed by atoms with van der Waals surface area (Å²) < 4.78 is 16.4. The van der Waals surface area contributed by atoms with Crippen molar-refractivity contribution in [3.8, 4) is 11.5 Å². The number of nitro benzene ring substituents is 1. The summed E-state index contributed by atoms with van der Waals surface area (Å²) in [5.74, 6) is 0.679. The first-order valence-corrected chi connectivity index (χ1v) is 8.35. The number of hydrogen-bond donors (Lipinski definition) is 0. The zero-order valence-corrected chi connectivity index (χ0v) is 14.3. The second-order valence-electron chi connectivity index (χ2n) is 5.95. The van der Waals surface area contributed by atoms with Crippen LogP contribution in [0.15, 0.2) is 42.5 Å². The third-order valence-corrected chi connectivity index (χ3v) is 4.09. The summed E-state index contributed by atoms with van der Waals surface area (Å²) in [6.45, 7) is 2.70. The standard InChI is InChI=1S/C19H19NO6/c1-2-24-17-6-7-18-14(10-17)9-15(12-25-18)19(21)26-11-13-4-3-5-16(8-13)20(22)23/h3-8,10,15H,2,9,11-12H2,1H3. The Balaban J connectivity index is 1.61. The first-order valence-electron chi connectivity index (χ1n) is 8.35. The molecular formula is C19H19NO6. The van der Waals surface area contributed by atoms with E-state index >= 15 is 0 Å². The lowest BCUT2D eigenvalue weighted by Crippen LogP contribution is -2.29. The van der Waals surface area contributed by atoms with Crippen LogP contribution in [0.2, 0.25) is 0 Å². The van der Waals surface area contributed by atoms with Gasteiger partial charge in [0.05, 0.1) is 17.4 Å². The molecule has 0 saturated heterocycles. The van der Waals surface area contributed by atoms with Crippen molar-refractivity contribution in [2.24, 2.45) is 5.92 Å². The van der Waals surface area contributed by atoms with Gasteiger partial charge in [0.15, 0.2) is 0 Å². The van der Waals surface area contributed by atoms with Gasteiger partial charge in [0, 0.05) is 12.1 Å². The second kappa shape index (κ2) is 7.86. The summed E-state index contributed by atoms with van der Waals surface area (Å²) in [5.41, 5.74) is 1.44. The van der Waals surface area contributed by atoms with Gasteiger partial charge in [-0.15, -0.1) is 0 Å². The van der Waals surface area contributed by atoms with Crippen molar-refractivity contribution in [3.05, 3.63) is 63.7 Å². The number of fused-ring (bicyclic) bond motifs is 1. The average Bonchev–Trinajstić information content (AvgIpc) is 2.66. The molecule has 1 atom stereocenters. The van der Waals surface area contributed by atoms with E-state index in [-0.39, 0.29) is 24.9 Å². The van der Waals surface area contributed by atoms with Crippen LogP contribution in [-0.2, 0) is 22.6 Å². The van der Waals surface area contributed by atoms with Gasteiger partial charge in [-0.25, -0.2) is 0 Å². The molecule has 7 heteroatoms. The van der Waals surface area contributed by atoms with Gasteiger partial charge < -0.3 is 14.2 Å². The molecule has 1 unspecified atom stereocenters. The van der Waals surface area contributed by atoms with E-state index in [1.165, 1.54) is 12.1 Å². The third kappa shape index (κ3) is 4.11. The number of esters is 1. The summed E-state index contributed by atoms with van der Waals surface area (Å²) in [6, 6.07) is 11.6. The molecule has 0 bridgehead atoms. The van der Waals surface area contributed by atoms with E-state index in [1.54, 1.807) is 12.1 Å². The van der Waals surface area contributed by atoms with Crippen molar-refractivity contribution in [1.29, 1.82) is 0 Å². The quantitative estimate of drug-likeness (QED) is 0.448. The van der Waals surface area contributed by atoms with E-state index in [0.29, 0.717) is 18.6 Å². The number of carbonyl (C=O) groups excluding carboxylic acids is 1. The SMILES string of the molecule is CCOc1ccc2c(c1)CC(C(=O)OCc1cccc([N+](=O)[O-])c1)CO2. The van der Waals surface area contributed by atoms with Crippen LogP contribution in [0.4, 0.5) is 5.69 Å². The minimum Gasteiger partial charge on any atom is -0.494 e. The molecule has 0 radical (unpaired) electrons. The molecule has 0 saturated carbocycles. The summed E-state index contributed by atoms with van der Waals surface area (Å²) in [6.07, 6.45) is 0.504. The number of non-ortho nitro benzene ring substituents is 1. The average molecular weight is 357 g/mol. The van der Waals surface area contributed by atoms with Gasteiger partial charge in [-0.2, -0.15) is 0 Å². The number of nitro groups is 1. The van der Waals surface area contributed by atoms with Crippen LogP contribution >= 0.6 is 0 Å². The maximum atomic E-state index is 12.3. The van der Waals surface area contributed by atoms with E-state index in [0.717, 1.165) is 17.1 Å². The molecule has 1 aliphatic rings. The Morgan fingerprint density at radius 1 is 1.31 bits per heavy atom. The molecule has 136 valence electrons. The first kappa shape index (κ1) is 17.7. The largest absolute Gasteiger partial charge is 0.494 e. The summed E-state index contributed by atoms with van der Waals surface area (Å²) >= 11 is 0. The number of nitrogens with zero attached hydrogens (tertiary/aromatic N) is 1. The van der Waals surface area contributed by atoms with Gasteiger partial charge in [-0.1, -0.05) is 12.1 Å². The lowest BCUT2D eigenvalue weighted by Gasteiger charge is -2.24. The topological polar surface area (TPSA) is 87.9 Å². The van der Waals surface area contributed by atoms with E-state index in [9.17, 15) is 14.9 Å². The molecule has 1 heterocycles. The molecule has 3 rings (SSSR count). The van der Waals surface area contributed by atoms with Gasteiger partial charge in [-0.3, -0.25) is 14.9 Å². The zero-order chi connectivity index (χ0) is 18.5. The lowest BCUT2D eigenvalue weighted by atomic mass is 9.96. The van der Waals surface area contributed by atoms with Crippen LogP contribution in [0.3, 0.4) is 0 Å². The van der Waals surface area contributed by atoms with E-state index in [2.05, 4.69) is 0 Å². The number of hydrogen-bond acceptors (Lipinski definition) is 6. The highest BCUT2D eigenvalue weighted by Crippen LogP contribution is 2.31. The second-order valence-corrected chi connectivity index (χ2v) is 5.95. The predicted octanol–water partition coefficient (Wildman–Crippen LogP) is 3.29. The normalized spacial score (nSPS) is 15.5.